The first-order valence-corrected chi connectivity index (χ1v) is 8.49. The van der Waals surface area contributed by atoms with E-state index in [0.29, 0.717) is 19.5 Å². The Morgan fingerprint density at radius 2 is 2.04 bits per heavy atom. The maximum absolute atomic E-state index is 8.83. The van der Waals surface area contributed by atoms with Crippen molar-refractivity contribution in [2.45, 2.75) is 19.5 Å². The average Bonchev–Trinajstić information content (AvgIpc) is 3.31. The van der Waals surface area contributed by atoms with Gasteiger partial charge in [0, 0.05) is 34.9 Å². The summed E-state index contributed by atoms with van der Waals surface area (Å²) >= 11 is 0. The molecule has 0 radical (unpaired) electrons. The SMILES string of the molecule is N#CCCn1cc(CNc2ccc3[nH]ncc3c2)c(-c2ccccc2)n1. The number of benzene rings is 2. The minimum absolute atomic E-state index is 0.444. The molecule has 0 atom stereocenters. The molecular weight excluding hydrogens is 324 g/mol. The zero-order valence-corrected chi connectivity index (χ0v) is 14.2. The molecule has 0 saturated heterocycles. The second-order valence-electron chi connectivity index (χ2n) is 6.07. The molecule has 2 aromatic carbocycles. The van der Waals surface area contributed by atoms with Crippen molar-refractivity contribution in [3.8, 4) is 17.3 Å². The molecule has 0 bridgehead atoms. The zero-order chi connectivity index (χ0) is 17.8. The second-order valence-corrected chi connectivity index (χ2v) is 6.07. The number of aromatic nitrogens is 4. The van der Waals surface area contributed by atoms with Crippen molar-refractivity contribution in [3.05, 3.63) is 66.5 Å². The fourth-order valence-corrected chi connectivity index (χ4v) is 2.96. The molecule has 2 aromatic heterocycles. The van der Waals surface area contributed by atoms with Crippen LogP contribution >= 0.6 is 0 Å². The van der Waals surface area contributed by atoms with Crippen LogP contribution in [-0.2, 0) is 13.1 Å². The monoisotopic (exact) mass is 342 g/mol. The molecule has 0 spiro atoms. The molecular formula is C20H18N6. The van der Waals surface area contributed by atoms with Gasteiger partial charge in [-0.15, -0.1) is 0 Å². The van der Waals surface area contributed by atoms with Crippen molar-refractivity contribution in [1.29, 1.82) is 5.26 Å². The third-order valence-electron chi connectivity index (χ3n) is 4.26. The maximum atomic E-state index is 8.83. The Kier molecular flexibility index (Phi) is 4.35. The highest BCUT2D eigenvalue weighted by Gasteiger charge is 2.11. The van der Waals surface area contributed by atoms with Crippen LogP contribution in [-0.4, -0.2) is 20.0 Å². The van der Waals surface area contributed by atoms with Gasteiger partial charge in [-0.1, -0.05) is 30.3 Å². The van der Waals surface area contributed by atoms with E-state index in [1.54, 1.807) is 0 Å². The fraction of sp³-hybridized carbons (Fsp3) is 0.150. The van der Waals surface area contributed by atoms with Gasteiger partial charge >= 0.3 is 0 Å². The molecule has 0 fully saturated rings. The second kappa shape index (κ2) is 7.11. The summed E-state index contributed by atoms with van der Waals surface area (Å²) in [6.07, 6.45) is 4.28. The Bertz CT molecular complexity index is 1050. The molecule has 128 valence electrons. The van der Waals surface area contributed by atoms with Gasteiger partial charge in [0.2, 0.25) is 0 Å². The highest BCUT2D eigenvalue weighted by Crippen LogP contribution is 2.24. The van der Waals surface area contributed by atoms with Gasteiger partial charge in [0.1, 0.15) is 0 Å². The van der Waals surface area contributed by atoms with E-state index in [-0.39, 0.29) is 0 Å². The number of hydrogen-bond acceptors (Lipinski definition) is 4. The van der Waals surface area contributed by atoms with Crippen LogP contribution in [0.2, 0.25) is 0 Å². The molecule has 0 aliphatic carbocycles. The molecule has 26 heavy (non-hydrogen) atoms. The van der Waals surface area contributed by atoms with Gasteiger partial charge in [0.25, 0.3) is 0 Å². The summed E-state index contributed by atoms with van der Waals surface area (Å²) in [7, 11) is 0. The molecule has 4 aromatic rings. The lowest BCUT2D eigenvalue weighted by Gasteiger charge is -2.07. The topological polar surface area (TPSA) is 82.3 Å². The smallest absolute Gasteiger partial charge is 0.0973 e. The maximum Gasteiger partial charge on any atom is 0.0973 e. The quantitative estimate of drug-likeness (QED) is 0.556. The van der Waals surface area contributed by atoms with Crippen LogP contribution in [0.1, 0.15) is 12.0 Å². The van der Waals surface area contributed by atoms with E-state index in [1.807, 2.05) is 47.4 Å². The minimum atomic E-state index is 0.444. The number of nitriles is 1. The van der Waals surface area contributed by atoms with Crippen molar-refractivity contribution in [3.63, 3.8) is 0 Å². The highest BCUT2D eigenvalue weighted by atomic mass is 15.3. The van der Waals surface area contributed by atoms with Gasteiger partial charge in [0.15, 0.2) is 0 Å². The van der Waals surface area contributed by atoms with Crippen LogP contribution in [0.5, 0.6) is 0 Å². The van der Waals surface area contributed by atoms with Gasteiger partial charge in [-0.2, -0.15) is 15.5 Å². The zero-order valence-electron chi connectivity index (χ0n) is 14.2. The van der Waals surface area contributed by atoms with Gasteiger partial charge in [-0.25, -0.2) is 0 Å². The van der Waals surface area contributed by atoms with Crippen LogP contribution in [0.15, 0.2) is 60.9 Å². The normalized spacial score (nSPS) is 10.7. The van der Waals surface area contributed by atoms with Crippen molar-refractivity contribution >= 4 is 16.6 Å². The number of anilines is 1. The van der Waals surface area contributed by atoms with Crippen LogP contribution in [0, 0.1) is 11.3 Å². The highest BCUT2D eigenvalue weighted by molar-refractivity contribution is 5.81. The standard InChI is InChI=1S/C20H18N6/c21-9-4-10-26-14-17(20(25-26)15-5-2-1-3-6-15)12-22-18-7-8-19-16(11-18)13-23-24-19/h1-3,5-8,11,13-14,22H,4,10,12H2,(H,23,24). The number of nitrogens with one attached hydrogen (secondary N) is 2. The third kappa shape index (κ3) is 3.28. The molecule has 0 aliphatic heterocycles. The lowest BCUT2D eigenvalue weighted by molar-refractivity contribution is 0.629. The van der Waals surface area contributed by atoms with Gasteiger partial charge in [0.05, 0.1) is 36.4 Å². The number of aromatic amines is 1. The Hall–Kier alpha value is -3.59. The summed E-state index contributed by atoms with van der Waals surface area (Å²) in [6, 6.07) is 18.4. The Balaban J connectivity index is 1.59. The largest absolute Gasteiger partial charge is 0.381 e. The van der Waals surface area contributed by atoms with E-state index < -0.39 is 0 Å². The first-order valence-electron chi connectivity index (χ1n) is 8.49. The molecule has 2 N–H and O–H groups in total. The summed E-state index contributed by atoms with van der Waals surface area (Å²) in [5, 5.41) is 25.1. The van der Waals surface area contributed by atoms with E-state index in [2.05, 4.69) is 44.9 Å². The molecule has 0 aliphatic rings. The molecule has 2 heterocycles. The van der Waals surface area contributed by atoms with Crippen molar-refractivity contribution < 1.29 is 0 Å². The van der Waals surface area contributed by atoms with E-state index in [4.69, 9.17) is 5.26 Å². The molecule has 6 nitrogen and oxygen atoms in total. The fourth-order valence-electron chi connectivity index (χ4n) is 2.96. The summed E-state index contributed by atoms with van der Waals surface area (Å²) in [6.45, 7) is 1.25. The predicted octanol–water partition coefficient (Wildman–Crippen LogP) is 3.95. The Morgan fingerprint density at radius 3 is 2.88 bits per heavy atom. The molecule has 4 rings (SSSR count). The lowest BCUT2D eigenvalue weighted by atomic mass is 10.1. The summed E-state index contributed by atoms with van der Waals surface area (Å²) < 4.78 is 1.85. The van der Waals surface area contributed by atoms with Gasteiger partial charge in [-0.05, 0) is 18.2 Å². The van der Waals surface area contributed by atoms with Crippen molar-refractivity contribution in [2.24, 2.45) is 0 Å². The van der Waals surface area contributed by atoms with E-state index >= 15 is 0 Å². The van der Waals surface area contributed by atoms with Crippen molar-refractivity contribution in [1.82, 2.24) is 20.0 Å². The average molecular weight is 342 g/mol. The van der Waals surface area contributed by atoms with Gasteiger partial charge < -0.3 is 5.32 Å². The first-order chi connectivity index (χ1) is 12.8. The summed E-state index contributed by atoms with van der Waals surface area (Å²) in [5.41, 5.74) is 5.17. The van der Waals surface area contributed by atoms with Crippen LogP contribution < -0.4 is 5.32 Å². The van der Waals surface area contributed by atoms with Crippen molar-refractivity contribution in [2.75, 3.05) is 5.32 Å². The van der Waals surface area contributed by atoms with Gasteiger partial charge in [-0.3, -0.25) is 9.78 Å². The van der Waals surface area contributed by atoms with E-state index in [1.165, 1.54) is 0 Å². The van der Waals surface area contributed by atoms with Crippen LogP contribution in [0.25, 0.3) is 22.2 Å². The van der Waals surface area contributed by atoms with Crippen LogP contribution in [0.3, 0.4) is 0 Å². The predicted molar refractivity (Wildman–Crippen MR) is 101 cm³/mol. The number of aryl methyl sites for hydroxylation is 1. The molecule has 6 heteroatoms. The number of fused-ring (bicyclic) bond motifs is 1. The Labute approximate surface area is 151 Å². The summed E-state index contributed by atoms with van der Waals surface area (Å²) in [5.74, 6) is 0. The first kappa shape index (κ1) is 15.9. The lowest BCUT2D eigenvalue weighted by Crippen LogP contribution is -2.00. The third-order valence-corrected chi connectivity index (χ3v) is 4.26. The number of rotatable bonds is 6. The summed E-state index contributed by atoms with van der Waals surface area (Å²) in [4.78, 5) is 0. The minimum Gasteiger partial charge on any atom is -0.381 e. The Morgan fingerprint density at radius 1 is 1.15 bits per heavy atom. The van der Waals surface area contributed by atoms with E-state index in [9.17, 15) is 0 Å². The number of hydrogen-bond donors (Lipinski definition) is 2. The number of nitrogens with zero attached hydrogens (tertiary/aromatic N) is 4. The molecule has 0 saturated carbocycles. The van der Waals surface area contributed by atoms with Crippen LogP contribution in [0.4, 0.5) is 5.69 Å². The number of H-pyrrole nitrogens is 1. The molecule has 0 amide bonds. The van der Waals surface area contributed by atoms with E-state index in [0.717, 1.165) is 33.4 Å². The molecule has 0 unspecified atom stereocenters.